The van der Waals surface area contributed by atoms with Crippen LogP contribution in [0.15, 0.2) is 21.6 Å². The van der Waals surface area contributed by atoms with Crippen LogP contribution in [0.4, 0.5) is 0 Å². The highest BCUT2D eigenvalue weighted by Gasteiger charge is 2.12. The number of aromatic nitrogens is 2. The molecule has 0 atom stereocenters. The van der Waals surface area contributed by atoms with E-state index in [2.05, 4.69) is 43.6 Å². The van der Waals surface area contributed by atoms with E-state index in [1.807, 2.05) is 30.8 Å². The molecule has 2 N–H and O–H groups in total. The van der Waals surface area contributed by atoms with Crippen LogP contribution in [0.25, 0.3) is 0 Å². The summed E-state index contributed by atoms with van der Waals surface area (Å²) in [4.78, 5) is 4.29. The van der Waals surface area contributed by atoms with Crippen molar-refractivity contribution in [3.63, 3.8) is 0 Å². The Hall–Kier alpha value is -2.22. The second-order valence-electron chi connectivity index (χ2n) is 5.85. The van der Waals surface area contributed by atoms with Crippen molar-refractivity contribution in [3.05, 3.63) is 39.1 Å². The molecule has 1 aromatic carbocycles. The molecule has 0 amide bonds. The summed E-state index contributed by atoms with van der Waals surface area (Å²) >= 11 is 3.57. The van der Waals surface area contributed by atoms with Gasteiger partial charge in [-0.1, -0.05) is 15.9 Å². The first kappa shape index (κ1) is 20.1. The normalized spacial score (nSPS) is 11.4. The molecule has 1 aromatic heterocycles. The minimum absolute atomic E-state index is 0.589. The number of ether oxygens (including phenoxy) is 2. The van der Waals surface area contributed by atoms with Crippen molar-refractivity contribution in [2.75, 3.05) is 21.3 Å². The molecule has 0 aliphatic heterocycles. The molecule has 142 valence electrons. The number of nitrogens with zero attached hydrogens (tertiary/aromatic N) is 3. The van der Waals surface area contributed by atoms with E-state index in [-0.39, 0.29) is 0 Å². The highest BCUT2D eigenvalue weighted by molar-refractivity contribution is 9.10. The number of aryl methyl sites for hydroxylation is 2. The first-order valence-electron chi connectivity index (χ1n) is 8.25. The second kappa shape index (κ2) is 8.93. The Morgan fingerprint density at radius 3 is 2.31 bits per heavy atom. The average molecular weight is 424 g/mol. The first-order chi connectivity index (χ1) is 12.4. The molecule has 2 rings (SSSR count). The molecule has 0 saturated carbocycles. The summed E-state index contributed by atoms with van der Waals surface area (Å²) in [7, 11) is 6.95. The summed E-state index contributed by atoms with van der Waals surface area (Å²) in [6, 6.07) is 3.84. The quantitative estimate of drug-likeness (QED) is 0.551. The predicted molar refractivity (Wildman–Crippen MR) is 107 cm³/mol. The van der Waals surface area contributed by atoms with Crippen LogP contribution < -0.4 is 20.1 Å². The van der Waals surface area contributed by atoms with Crippen molar-refractivity contribution in [1.29, 1.82) is 0 Å². The fourth-order valence-electron chi connectivity index (χ4n) is 2.68. The number of methoxy groups -OCH3 is 2. The monoisotopic (exact) mass is 423 g/mol. The van der Waals surface area contributed by atoms with E-state index >= 15 is 0 Å². The van der Waals surface area contributed by atoms with Crippen LogP contribution in [0.1, 0.15) is 22.5 Å². The topological polar surface area (TPSA) is 72.7 Å². The maximum atomic E-state index is 5.37. The number of benzene rings is 1. The minimum atomic E-state index is 0.589. The Bertz CT molecular complexity index is 801. The first-order valence-corrected chi connectivity index (χ1v) is 9.04. The molecule has 0 radical (unpaired) electrons. The third-order valence-electron chi connectivity index (χ3n) is 4.31. The molecule has 0 aliphatic rings. The SMILES string of the molecule is CN=C(NCc1cc(OC)c(OC)cc1Br)NCc1c(C)nn(C)c1C. The molecule has 0 bridgehead atoms. The molecule has 26 heavy (non-hydrogen) atoms. The number of hydrogen-bond acceptors (Lipinski definition) is 4. The minimum Gasteiger partial charge on any atom is -0.493 e. The van der Waals surface area contributed by atoms with Gasteiger partial charge >= 0.3 is 0 Å². The number of halogens is 1. The lowest BCUT2D eigenvalue weighted by Gasteiger charge is -2.15. The van der Waals surface area contributed by atoms with E-state index in [0.717, 1.165) is 21.4 Å². The largest absolute Gasteiger partial charge is 0.493 e. The van der Waals surface area contributed by atoms with Crippen molar-refractivity contribution < 1.29 is 9.47 Å². The lowest BCUT2D eigenvalue weighted by Crippen LogP contribution is -2.36. The van der Waals surface area contributed by atoms with Crippen LogP contribution in [0, 0.1) is 13.8 Å². The highest BCUT2D eigenvalue weighted by Crippen LogP contribution is 2.33. The molecule has 0 aliphatic carbocycles. The Kier molecular flexibility index (Phi) is 6.90. The summed E-state index contributed by atoms with van der Waals surface area (Å²) in [6.45, 7) is 5.33. The number of aliphatic imine (C=N–C) groups is 1. The Balaban J connectivity index is 2.03. The fourth-order valence-corrected chi connectivity index (χ4v) is 3.14. The van der Waals surface area contributed by atoms with Gasteiger partial charge in [-0.15, -0.1) is 0 Å². The van der Waals surface area contributed by atoms with E-state index in [1.165, 1.54) is 5.56 Å². The Morgan fingerprint density at radius 2 is 1.77 bits per heavy atom. The summed E-state index contributed by atoms with van der Waals surface area (Å²) in [6.07, 6.45) is 0. The van der Waals surface area contributed by atoms with E-state index < -0.39 is 0 Å². The molecular weight excluding hydrogens is 398 g/mol. The van der Waals surface area contributed by atoms with E-state index in [4.69, 9.17) is 9.47 Å². The van der Waals surface area contributed by atoms with Gasteiger partial charge in [-0.05, 0) is 31.5 Å². The zero-order valence-corrected chi connectivity index (χ0v) is 17.7. The molecule has 0 unspecified atom stereocenters. The summed E-state index contributed by atoms with van der Waals surface area (Å²) < 4.78 is 13.5. The second-order valence-corrected chi connectivity index (χ2v) is 6.71. The fraction of sp³-hybridized carbons (Fsp3) is 0.444. The van der Waals surface area contributed by atoms with Gasteiger partial charge in [-0.3, -0.25) is 9.67 Å². The van der Waals surface area contributed by atoms with Crippen LogP contribution in [0.5, 0.6) is 11.5 Å². The predicted octanol–water partition coefficient (Wildman–Crippen LogP) is 2.68. The van der Waals surface area contributed by atoms with Gasteiger partial charge in [0.25, 0.3) is 0 Å². The van der Waals surface area contributed by atoms with Crippen LogP contribution >= 0.6 is 15.9 Å². The molecule has 0 fully saturated rings. The van der Waals surface area contributed by atoms with Gasteiger partial charge < -0.3 is 20.1 Å². The van der Waals surface area contributed by atoms with Gasteiger partial charge in [0.15, 0.2) is 17.5 Å². The molecular formula is C18H26BrN5O2. The van der Waals surface area contributed by atoms with Crippen LogP contribution in [0.3, 0.4) is 0 Å². The van der Waals surface area contributed by atoms with E-state index in [9.17, 15) is 0 Å². The lowest BCUT2D eigenvalue weighted by atomic mass is 10.2. The molecule has 0 spiro atoms. The van der Waals surface area contributed by atoms with Crippen LogP contribution in [0.2, 0.25) is 0 Å². The van der Waals surface area contributed by atoms with Crippen molar-refractivity contribution in [1.82, 2.24) is 20.4 Å². The van der Waals surface area contributed by atoms with E-state index in [0.29, 0.717) is 30.5 Å². The van der Waals surface area contributed by atoms with Crippen molar-refractivity contribution in [3.8, 4) is 11.5 Å². The van der Waals surface area contributed by atoms with Gasteiger partial charge in [0, 0.05) is 42.9 Å². The number of nitrogens with one attached hydrogen (secondary N) is 2. The third kappa shape index (κ3) is 4.49. The van der Waals surface area contributed by atoms with Crippen LogP contribution in [-0.4, -0.2) is 37.0 Å². The van der Waals surface area contributed by atoms with Gasteiger partial charge in [-0.25, -0.2) is 0 Å². The molecule has 0 saturated heterocycles. The Labute approximate surface area is 162 Å². The third-order valence-corrected chi connectivity index (χ3v) is 5.05. The van der Waals surface area contributed by atoms with Crippen molar-refractivity contribution in [2.45, 2.75) is 26.9 Å². The standard InChI is InChI=1S/C18H26BrN5O2/c1-11-14(12(2)24(4)23-11)10-22-18(20-3)21-9-13-7-16(25-5)17(26-6)8-15(13)19/h7-8H,9-10H2,1-6H3,(H2,20,21,22). The summed E-state index contributed by atoms with van der Waals surface area (Å²) in [5, 5.41) is 11.1. The van der Waals surface area contributed by atoms with Gasteiger partial charge in [0.2, 0.25) is 0 Å². The average Bonchev–Trinajstić information content (AvgIpc) is 2.88. The zero-order valence-electron chi connectivity index (χ0n) is 16.1. The smallest absolute Gasteiger partial charge is 0.191 e. The summed E-state index contributed by atoms with van der Waals surface area (Å²) in [5.41, 5.74) is 4.39. The van der Waals surface area contributed by atoms with Crippen molar-refractivity contribution >= 4 is 21.9 Å². The number of rotatable bonds is 6. The number of guanidine groups is 1. The Morgan fingerprint density at radius 1 is 1.15 bits per heavy atom. The molecule has 7 nitrogen and oxygen atoms in total. The lowest BCUT2D eigenvalue weighted by molar-refractivity contribution is 0.354. The highest BCUT2D eigenvalue weighted by atomic mass is 79.9. The number of hydrogen-bond donors (Lipinski definition) is 2. The molecule has 1 heterocycles. The van der Waals surface area contributed by atoms with Crippen LogP contribution in [-0.2, 0) is 20.1 Å². The van der Waals surface area contributed by atoms with Crippen molar-refractivity contribution in [2.24, 2.45) is 12.0 Å². The molecule has 2 aromatic rings. The van der Waals surface area contributed by atoms with E-state index in [1.54, 1.807) is 21.3 Å². The molecule has 8 heteroatoms. The van der Waals surface area contributed by atoms with Gasteiger partial charge in [0.1, 0.15) is 0 Å². The maximum Gasteiger partial charge on any atom is 0.191 e. The van der Waals surface area contributed by atoms with Gasteiger partial charge in [-0.2, -0.15) is 5.10 Å². The summed E-state index contributed by atoms with van der Waals surface area (Å²) in [5.74, 6) is 2.10. The maximum absolute atomic E-state index is 5.37. The zero-order chi connectivity index (χ0) is 19.3. The van der Waals surface area contributed by atoms with Gasteiger partial charge in [0.05, 0.1) is 19.9 Å².